The first-order chi connectivity index (χ1) is 13.6. The number of sulfonamides is 1. The van der Waals surface area contributed by atoms with Crippen LogP contribution in [0.25, 0.3) is 11.1 Å². The monoisotopic (exact) mass is 394 g/mol. The first-order valence-corrected chi connectivity index (χ1v) is 10.8. The van der Waals surface area contributed by atoms with Gasteiger partial charge in [0.25, 0.3) is 0 Å². The number of hydrogen-bond acceptors (Lipinski definition) is 5. The van der Waals surface area contributed by atoms with Gasteiger partial charge in [0.05, 0.1) is 4.90 Å². The van der Waals surface area contributed by atoms with Crippen molar-refractivity contribution in [1.82, 2.24) is 14.5 Å². The molecule has 28 heavy (non-hydrogen) atoms. The molecule has 6 nitrogen and oxygen atoms in total. The predicted octanol–water partition coefficient (Wildman–Crippen LogP) is 3.41. The van der Waals surface area contributed by atoms with Crippen molar-refractivity contribution >= 4 is 15.8 Å². The molecule has 1 aromatic heterocycles. The molecule has 0 saturated carbocycles. The summed E-state index contributed by atoms with van der Waals surface area (Å²) in [6.07, 6.45) is 3.08. The summed E-state index contributed by atoms with van der Waals surface area (Å²) in [7, 11) is -3.56. The molecule has 1 N–H and O–H groups in total. The molecule has 144 valence electrons. The smallest absolute Gasteiger partial charge is 0.243 e. The van der Waals surface area contributed by atoms with Crippen LogP contribution in [0, 0.1) is 0 Å². The minimum atomic E-state index is -3.56. The molecular weight excluding hydrogens is 372 g/mol. The van der Waals surface area contributed by atoms with E-state index in [0.717, 1.165) is 29.8 Å². The van der Waals surface area contributed by atoms with Gasteiger partial charge in [0, 0.05) is 30.9 Å². The summed E-state index contributed by atoms with van der Waals surface area (Å²) < 4.78 is 28.2. The molecule has 0 bridgehead atoms. The maximum Gasteiger partial charge on any atom is 0.243 e. The van der Waals surface area contributed by atoms with E-state index in [-0.39, 0.29) is 6.04 Å². The lowest BCUT2D eigenvalue weighted by atomic mass is 10.1. The Morgan fingerprint density at radius 1 is 0.893 bits per heavy atom. The second kappa shape index (κ2) is 8.08. The highest BCUT2D eigenvalue weighted by Crippen LogP contribution is 2.30. The molecule has 0 radical (unpaired) electrons. The van der Waals surface area contributed by atoms with E-state index in [0.29, 0.717) is 18.0 Å². The molecule has 2 aromatic carbocycles. The second-order valence-electron chi connectivity index (χ2n) is 6.79. The Balaban J connectivity index is 1.51. The van der Waals surface area contributed by atoms with Crippen molar-refractivity contribution in [3.05, 3.63) is 72.9 Å². The highest BCUT2D eigenvalue weighted by atomic mass is 32.2. The summed E-state index contributed by atoms with van der Waals surface area (Å²) in [5.41, 5.74) is 1.64. The first-order valence-electron chi connectivity index (χ1n) is 9.33. The van der Waals surface area contributed by atoms with E-state index in [1.165, 1.54) is 0 Å². The lowest BCUT2D eigenvalue weighted by Gasteiger charge is -2.32. The molecule has 0 aliphatic carbocycles. The molecule has 0 spiro atoms. The van der Waals surface area contributed by atoms with E-state index in [9.17, 15) is 8.42 Å². The summed E-state index contributed by atoms with van der Waals surface area (Å²) in [5, 5.41) is 11.2. The standard InChI is InChI=1S/C21H22N4O2S/c26-28(27,20-10-5-4-9-19(20)17-7-2-1-3-8-17)25-15-12-18(13-16-25)23-21-11-6-14-22-24-21/h1-11,14,18H,12-13,15-16H2,(H,23,24). The maximum atomic E-state index is 13.3. The third kappa shape index (κ3) is 3.90. The number of nitrogens with zero attached hydrogens (tertiary/aromatic N) is 3. The fourth-order valence-electron chi connectivity index (χ4n) is 3.52. The zero-order valence-corrected chi connectivity index (χ0v) is 16.2. The van der Waals surface area contributed by atoms with Gasteiger partial charge in [0.1, 0.15) is 5.82 Å². The molecule has 7 heteroatoms. The largest absolute Gasteiger partial charge is 0.366 e. The predicted molar refractivity (Wildman–Crippen MR) is 109 cm³/mol. The minimum Gasteiger partial charge on any atom is -0.366 e. The number of piperidine rings is 1. The van der Waals surface area contributed by atoms with Gasteiger partial charge in [-0.25, -0.2) is 8.42 Å². The normalized spacial score (nSPS) is 16.0. The van der Waals surface area contributed by atoms with Gasteiger partial charge in [0.15, 0.2) is 0 Å². The summed E-state index contributed by atoms with van der Waals surface area (Å²) >= 11 is 0. The highest BCUT2D eigenvalue weighted by molar-refractivity contribution is 7.89. The SMILES string of the molecule is O=S(=O)(c1ccccc1-c1ccccc1)N1CCC(Nc2cccnn2)CC1. The van der Waals surface area contributed by atoms with Crippen molar-refractivity contribution in [3.63, 3.8) is 0 Å². The summed E-state index contributed by atoms with van der Waals surface area (Å²) in [5.74, 6) is 0.721. The fraction of sp³-hybridized carbons (Fsp3) is 0.238. The van der Waals surface area contributed by atoms with Crippen molar-refractivity contribution in [1.29, 1.82) is 0 Å². The zero-order valence-electron chi connectivity index (χ0n) is 15.4. The van der Waals surface area contributed by atoms with E-state index >= 15 is 0 Å². The van der Waals surface area contributed by atoms with Gasteiger partial charge < -0.3 is 5.32 Å². The molecule has 1 aliphatic heterocycles. The van der Waals surface area contributed by atoms with Crippen LogP contribution in [0.15, 0.2) is 77.8 Å². The Morgan fingerprint density at radius 2 is 1.61 bits per heavy atom. The Hall–Kier alpha value is -2.77. The zero-order chi connectivity index (χ0) is 19.4. The fourth-order valence-corrected chi connectivity index (χ4v) is 5.20. The third-order valence-electron chi connectivity index (χ3n) is 4.97. The van der Waals surface area contributed by atoms with E-state index in [1.54, 1.807) is 22.6 Å². The Kier molecular flexibility index (Phi) is 5.36. The van der Waals surface area contributed by atoms with Gasteiger partial charge in [-0.15, -0.1) is 5.10 Å². The first kappa shape index (κ1) is 18.6. The van der Waals surface area contributed by atoms with Gasteiger partial charge >= 0.3 is 0 Å². The van der Waals surface area contributed by atoms with Crippen molar-refractivity contribution < 1.29 is 8.42 Å². The Bertz CT molecular complexity index is 1020. The second-order valence-corrected chi connectivity index (χ2v) is 8.70. The number of rotatable bonds is 5. The minimum absolute atomic E-state index is 0.188. The van der Waals surface area contributed by atoms with Crippen molar-refractivity contribution in [2.24, 2.45) is 0 Å². The van der Waals surface area contributed by atoms with E-state index in [1.807, 2.05) is 54.6 Å². The third-order valence-corrected chi connectivity index (χ3v) is 6.92. The van der Waals surface area contributed by atoms with Crippen LogP contribution in [0.3, 0.4) is 0 Å². The molecular formula is C21H22N4O2S. The number of anilines is 1. The molecule has 1 fully saturated rings. The molecule has 0 atom stereocenters. The van der Waals surface area contributed by atoms with Crippen LogP contribution in [0.1, 0.15) is 12.8 Å². The molecule has 4 rings (SSSR count). The van der Waals surface area contributed by atoms with Crippen molar-refractivity contribution in [2.45, 2.75) is 23.8 Å². The topological polar surface area (TPSA) is 75.2 Å². The summed E-state index contributed by atoms with van der Waals surface area (Å²) in [6.45, 7) is 0.951. The molecule has 0 unspecified atom stereocenters. The van der Waals surface area contributed by atoms with Crippen LogP contribution >= 0.6 is 0 Å². The highest BCUT2D eigenvalue weighted by Gasteiger charge is 2.31. The summed E-state index contributed by atoms with van der Waals surface area (Å²) in [4.78, 5) is 0.363. The van der Waals surface area contributed by atoms with Gasteiger partial charge in [-0.3, -0.25) is 0 Å². The number of aromatic nitrogens is 2. The van der Waals surface area contributed by atoms with Gasteiger partial charge in [-0.2, -0.15) is 9.40 Å². The van der Waals surface area contributed by atoms with Crippen LogP contribution < -0.4 is 5.32 Å². The molecule has 1 saturated heterocycles. The quantitative estimate of drug-likeness (QED) is 0.718. The molecule has 1 aliphatic rings. The Morgan fingerprint density at radius 3 is 2.32 bits per heavy atom. The van der Waals surface area contributed by atoms with Crippen LogP contribution in [-0.2, 0) is 10.0 Å². The van der Waals surface area contributed by atoms with Crippen LogP contribution in [0.5, 0.6) is 0 Å². The maximum absolute atomic E-state index is 13.3. The van der Waals surface area contributed by atoms with Crippen molar-refractivity contribution in [2.75, 3.05) is 18.4 Å². The summed E-state index contributed by atoms with van der Waals surface area (Å²) in [6, 6.07) is 20.7. The van der Waals surface area contributed by atoms with Crippen molar-refractivity contribution in [3.8, 4) is 11.1 Å². The van der Waals surface area contributed by atoms with Crippen LogP contribution in [0.2, 0.25) is 0 Å². The molecule has 0 amide bonds. The average molecular weight is 395 g/mol. The van der Waals surface area contributed by atoms with Crippen LogP contribution in [-0.4, -0.2) is 42.1 Å². The van der Waals surface area contributed by atoms with Crippen LogP contribution in [0.4, 0.5) is 5.82 Å². The van der Waals surface area contributed by atoms with E-state index < -0.39 is 10.0 Å². The number of benzene rings is 2. The van der Waals surface area contributed by atoms with E-state index in [4.69, 9.17) is 0 Å². The number of nitrogens with one attached hydrogen (secondary N) is 1. The van der Waals surface area contributed by atoms with E-state index in [2.05, 4.69) is 15.5 Å². The lowest BCUT2D eigenvalue weighted by molar-refractivity contribution is 0.329. The lowest BCUT2D eigenvalue weighted by Crippen LogP contribution is -2.42. The number of hydrogen-bond donors (Lipinski definition) is 1. The van der Waals surface area contributed by atoms with Gasteiger partial charge in [0.2, 0.25) is 10.0 Å². The van der Waals surface area contributed by atoms with Gasteiger partial charge in [-0.05, 0) is 36.6 Å². The molecule has 3 aromatic rings. The van der Waals surface area contributed by atoms with Gasteiger partial charge in [-0.1, -0.05) is 48.5 Å². The molecule has 2 heterocycles. The Labute approximate surface area is 165 Å². The average Bonchev–Trinajstić information content (AvgIpc) is 2.75.